The van der Waals surface area contributed by atoms with Crippen LogP contribution in [-0.2, 0) is 11.2 Å². The van der Waals surface area contributed by atoms with Crippen LogP contribution in [0.5, 0.6) is 0 Å². The van der Waals surface area contributed by atoms with Gasteiger partial charge in [0.2, 0.25) is 5.91 Å². The van der Waals surface area contributed by atoms with E-state index in [1.54, 1.807) is 24.7 Å². The van der Waals surface area contributed by atoms with E-state index in [0.29, 0.717) is 5.82 Å². The number of pyridine rings is 1. The summed E-state index contributed by atoms with van der Waals surface area (Å²) in [7, 11) is 0. The van der Waals surface area contributed by atoms with E-state index < -0.39 is 12.1 Å². The number of rotatable bonds is 3. The quantitative estimate of drug-likeness (QED) is 0.880. The van der Waals surface area contributed by atoms with Crippen LogP contribution in [0.15, 0.2) is 24.7 Å². The molecule has 8 nitrogen and oxygen atoms in total. The fourth-order valence-electron chi connectivity index (χ4n) is 3.70. The molecule has 0 bridgehead atoms. The number of hydrogen-bond donors (Lipinski definition) is 2. The molecule has 0 spiro atoms. The second kappa shape index (κ2) is 6.59. The summed E-state index contributed by atoms with van der Waals surface area (Å²) < 4.78 is 1.20. The van der Waals surface area contributed by atoms with Crippen molar-refractivity contribution in [3.05, 3.63) is 30.2 Å². The first-order valence-corrected chi connectivity index (χ1v) is 8.69. The molecule has 3 heterocycles. The molecule has 2 aromatic heterocycles. The Morgan fingerprint density at radius 2 is 2.23 bits per heavy atom. The van der Waals surface area contributed by atoms with Gasteiger partial charge in [0.15, 0.2) is 0 Å². The largest absolute Gasteiger partial charge is 0.343 e. The van der Waals surface area contributed by atoms with Gasteiger partial charge in [-0.1, -0.05) is 12.8 Å². The number of hydrogen-bond acceptors (Lipinski definition) is 5. The molecule has 1 saturated carbocycles. The maximum absolute atomic E-state index is 12.5. The number of carbonyl (C=O) groups excluding carboxylic acids is 2. The molecular formula is C18H18N6O2. The number of nitrogens with one attached hydrogen (secondary N) is 2. The molecule has 2 amide bonds. The van der Waals surface area contributed by atoms with Gasteiger partial charge in [-0.25, -0.2) is 9.78 Å². The van der Waals surface area contributed by atoms with Crippen molar-refractivity contribution in [2.45, 2.75) is 38.1 Å². The van der Waals surface area contributed by atoms with Crippen LogP contribution < -0.4 is 10.6 Å². The minimum atomic E-state index is -0.496. The third-order valence-electron chi connectivity index (χ3n) is 5.04. The molecule has 26 heavy (non-hydrogen) atoms. The van der Waals surface area contributed by atoms with E-state index in [1.165, 1.54) is 4.68 Å². The van der Waals surface area contributed by atoms with E-state index in [9.17, 15) is 14.9 Å². The zero-order valence-electron chi connectivity index (χ0n) is 14.1. The zero-order valence-corrected chi connectivity index (χ0v) is 14.1. The van der Waals surface area contributed by atoms with Gasteiger partial charge in [-0.2, -0.15) is 15.0 Å². The Hall–Kier alpha value is -3.21. The van der Waals surface area contributed by atoms with E-state index >= 15 is 0 Å². The summed E-state index contributed by atoms with van der Waals surface area (Å²) in [6.45, 7) is 0. The topological polar surface area (TPSA) is 113 Å². The smallest absolute Gasteiger partial charge is 0.320 e. The summed E-state index contributed by atoms with van der Waals surface area (Å²) in [4.78, 5) is 28.2. The van der Waals surface area contributed by atoms with E-state index in [-0.39, 0.29) is 18.2 Å². The third-order valence-corrected chi connectivity index (χ3v) is 5.04. The van der Waals surface area contributed by atoms with E-state index in [4.69, 9.17) is 0 Å². The Labute approximate surface area is 150 Å². The molecular weight excluding hydrogens is 332 g/mol. The first kappa shape index (κ1) is 16.3. The van der Waals surface area contributed by atoms with E-state index in [1.807, 2.05) is 0 Å². The SMILES string of the molecule is N#CC(NC(=O)n1cc(-c2ccnc3c2CC(=O)N3)cn1)C1CCCC1. The van der Waals surface area contributed by atoms with Crippen molar-refractivity contribution in [2.24, 2.45) is 5.92 Å². The summed E-state index contributed by atoms with van der Waals surface area (Å²) in [5.74, 6) is 0.661. The van der Waals surface area contributed by atoms with Crippen LogP contribution in [-0.4, -0.2) is 32.7 Å². The van der Waals surface area contributed by atoms with Crippen molar-refractivity contribution in [1.82, 2.24) is 20.1 Å². The van der Waals surface area contributed by atoms with Gasteiger partial charge in [0, 0.05) is 23.5 Å². The Kier molecular flexibility index (Phi) is 4.13. The molecule has 1 atom stereocenters. The van der Waals surface area contributed by atoms with Crippen LogP contribution in [0.1, 0.15) is 31.2 Å². The van der Waals surface area contributed by atoms with Crippen LogP contribution in [0.4, 0.5) is 10.6 Å². The molecule has 132 valence electrons. The van der Waals surface area contributed by atoms with Crippen LogP contribution in [0.3, 0.4) is 0 Å². The van der Waals surface area contributed by atoms with Crippen molar-refractivity contribution in [3.8, 4) is 17.2 Å². The lowest BCUT2D eigenvalue weighted by Crippen LogP contribution is -2.41. The molecule has 8 heteroatoms. The highest BCUT2D eigenvalue weighted by atomic mass is 16.2. The highest BCUT2D eigenvalue weighted by Crippen LogP contribution is 2.31. The maximum atomic E-state index is 12.5. The zero-order chi connectivity index (χ0) is 18.1. The Balaban J connectivity index is 1.54. The molecule has 2 aromatic rings. The first-order valence-electron chi connectivity index (χ1n) is 8.69. The predicted octanol–water partition coefficient (Wildman–Crippen LogP) is 2.08. The number of carbonyl (C=O) groups is 2. The second-order valence-corrected chi connectivity index (χ2v) is 6.69. The van der Waals surface area contributed by atoms with E-state index in [0.717, 1.165) is 42.4 Å². The molecule has 1 aliphatic carbocycles. The molecule has 1 aliphatic heterocycles. The lowest BCUT2D eigenvalue weighted by atomic mass is 10.00. The van der Waals surface area contributed by atoms with Gasteiger partial charge in [0.25, 0.3) is 0 Å². The molecule has 2 aliphatic rings. The molecule has 0 saturated heterocycles. The van der Waals surface area contributed by atoms with E-state index in [2.05, 4.69) is 26.8 Å². The summed E-state index contributed by atoms with van der Waals surface area (Å²) in [5, 5.41) is 19.0. The van der Waals surface area contributed by atoms with Crippen LogP contribution in [0.2, 0.25) is 0 Å². The number of fused-ring (bicyclic) bond motifs is 1. The van der Waals surface area contributed by atoms with Gasteiger partial charge in [-0.05, 0) is 30.4 Å². The Bertz CT molecular complexity index is 907. The maximum Gasteiger partial charge on any atom is 0.343 e. The third kappa shape index (κ3) is 2.92. The fourth-order valence-corrected chi connectivity index (χ4v) is 3.70. The average Bonchev–Trinajstić information content (AvgIpc) is 3.37. The number of nitrogens with zero attached hydrogens (tertiary/aromatic N) is 4. The molecule has 1 unspecified atom stereocenters. The lowest BCUT2D eigenvalue weighted by Gasteiger charge is -2.17. The molecule has 0 aromatic carbocycles. The number of aromatic nitrogens is 3. The van der Waals surface area contributed by atoms with Gasteiger partial charge in [0.05, 0.1) is 18.7 Å². The normalized spacial score (nSPS) is 17.4. The summed E-state index contributed by atoms with van der Waals surface area (Å²) in [5.41, 5.74) is 2.35. The number of anilines is 1. The summed E-state index contributed by atoms with van der Waals surface area (Å²) >= 11 is 0. The minimum absolute atomic E-state index is 0.0986. The van der Waals surface area contributed by atoms with Gasteiger partial charge in [-0.3, -0.25) is 4.79 Å². The lowest BCUT2D eigenvalue weighted by molar-refractivity contribution is -0.115. The Morgan fingerprint density at radius 3 is 3.00 bits per heavy atom. The van der Waals surface area contributed by atoms with Crippen LogP contribution in [0.25, 0.3) is 11.1 Å². The standard InChI is InChI=1S/C18H18N6O2/c19-8-15(11-3-1-2-4-11)22-18(26)24-10-12(9-21-24)13-5-6-20-17-14(13)7-16(25)23-17/h5-6,9-11,15H,1-4,7H2,(H,22,26)(H,20,23,25). The van der Waals surface area contributed by atoms with Crippen LogP contribution in [0, 0.1) is 17.2 Å². The van der Waals surface area contributed by atoms with Crippen molar-refractivity contribution in [2.75, 3.05) is 5.32 Å². The van der Waals surface area contributed by atoms with Gasteiger partial charge in [0.1, 0.15) is 11.9 Å². The second-order valence-electron chi connectivity index (χ2n) is 6.69. The summed E-state index contributed by atoms with van der Waals surface area (Å²) in [6.07, 6.45) is 9.19. The van der Waals surface area contributed by atoms with Crippen LogP contribution >= 0.6 is 0 Å². The van der Waals surface area contributed by atoms with Crippen molar-refractivity contribution in [1.29, 1.82) is 5.26 Å². The predicted molar refractivity (Wildman–Crippen MR) is 93.1 cm³/mol. The average molecular weight is 350 g/mol. The van der Waals surface area contributed by atoms with Gasteiger partial charge >= 0.3 is 6.03 Å². The van der Waals surface area contributed by atoms with Crippen molar-refractivity contribution < 1.29 is 9.59 Å². The van der Waals surface area contributed by atoms with Crippen molar-refractivity contribution in [3.63, 3.8) is 0 Å². The molecule has 0 radical (unpaired) electrons. The minimum Gasteiger partial charge on any atom is -0.320 e. The Morgan fingerprint density at radius 1 is 1.42 bits per heavy atom. The fraction of sp³-hybridized carbons (Fsp3) is 0.389. The number of nitriles is 1. The molecule has 1 fully saturated rings. The molecule has 4 rings (SSSR count). The first-order chi connectivity index (χ1) is 12.7. The number of amides is 2. The molecule has 2 N–H and O–H groups in total. The monoisotopic (exact) mass is 350 g/mol. The van der Waals surface area contributed by atoms with Gasteiger partial charge in [-0.15, -0.1) is 0 Å². The summed E-state index contributed by atoms with van der Waals surface area (Å²) in [6, 6.07) is 3.08. The van der Waals surface area contributed by atoms with Gasteiger partial charge < -0.3 is 10.6 Å². The highest BCUT2D eigenvalue weighted by Gasteiger charge is 2.27. The van der Waals surface area contributed by atoms with Crippen molar-refractivity contribution >= 4 is 17.8 Å². The highest BCUT2D eigenvalue weighted by molar-refractivity contribution is 6.00.